The number of aryl methyl sites for hydroxylation is 1. The number of hydrogen-bond acceptors (Lipinski definition) is 3. The first-order valence-electron chi connectivity index (χ1n) is 3.99. The van der Waals surface area contributed by atoms with Crippen LogP contribution in [0.3, 0.4) is 0 Å². The van der Waals surface area contributed by atoms with Crippen LogP contribution in [0.25, 0.3) is 0 Å². The highest BCUT2D eigenvalue weighted by atomic mass is 79.9. The SMILES string of the molecule is CCOC(=O)Cn1nc(Br)cc1C. The Labute approximate surface area is 85.0 Å². The Kier molecular flexibility index (Phi) is 3.48. The molecule has 0 saturated heterocycles. The van der Waals surface area contributed by atoms with E-state index in [-0.39, 0.29) is 12.5 Å². The fourth-order valence-corrected chi connectivity index (χ4v) is 1.48. The molecule has 0 saturated carbocycles. The van der Waals surface area contributed by atoms with E-state index in [1.54, 1.807) is 11.6 Å². The summed E-state index contributed by atoms with van der Waals surface area (Å²) < 4.78 is 7.13. The maximum absolute atomic E-state index is 11.1. The average molecular weight is 247 g/mol. The Bertz CT molecular complexity index is 309. The van der Waals surface area contributed by atoms with Crippen molar-refractivity contribution in [2.24, 2.45) is 0 Å². The summed E-state index contributed by atoms with van der Waals surface area (Å²) in [5.41, 5.74) is 0.930. The molecule has 5 heteroatoms. The van der Waals surface area contributed by atoms with Gasteiger partial charge in [0.15, 0.2) is 0 Å². The van der Waals surface area contributed by atoms with Crippen LogP contribution in [0.1, 0.15) is 12.6 Å². The van der Waals surface area contributed by atoms with Gasteiger partial charge in [0.2, 0.25) is 0 Å². The fraction of sp³-hybridized carbons (Fsp3) is 0.500. The van der Waals surface area contributed by atoms with Crippen LogP contribution in [-0.4, -0.2) is 22.4 Å². The second-order valence-corrected chi connectivity index (χ2v) is 3.38. The summed E-state index contributed by atoms with van der Waals surface area (Å²) in [6, 6.07) is 1.85. The summed E-state index contributed by atoms with van der Waals surface area (Å²) in [6.45, 7) is 4.24. The zero-order valence-corrected chi connectivity index (χ0v) is 9.17. The third-order valence-electron chi connectivity index (χ3n) is 1.54. The van der Waals surface area contributed by atoms with Crippen molar-refractivity contribution >= 4 is 21.9 Å². The van der Waals surface area contributed by atoms with Gasteiger partial charge in [0, 0.05) is 5.69 Å². The van der Waals surface area contributed by atoms with E-state index >= 15 is 0 Å². The molecule has 1 rings (SSSR count). The molecule has 0 aliphatic carbocycles. The number of carbonyl (C=O) groups is 1. The summed E-state index contributed by atoms with van der Waals surface area (Å²) in [4.78, 5) is 11.1. The average Bonchev–Trinajstić information content (AvgIpc) is 2.30. The first-order chi connectivity index (χ1) is 6.13. The standard InChI is InChI=1S/C8H11BrN2O2/c1-3-13-8(12)5-11-6(2)4-7(9)10-11/h4H,3,5H2,1-2H3. The molecule has 0 aliphatic heterocycles. The molecular formula is C8H11BrN2O2. The predicted molar refractivity (Wildman–Crippen MR) is 51.3 cm³/mol. The zero-order chi connectivity index (χ0) is 9.84. The molecule has 0 fully saturated rings. The number of rotatable bonds is 3. The van der Waals surface area contributed by atoms with Crippen molar-refractivity contribution < 1.29 is 9.53 Å². The first-order valence-corrected chi connectivity index (χ1v) is 4.78. The quantitative estimate of drug-likeness (QED) is 0.760. The molecule has 0 amide bonds. The van der Waals surface area contributed by atoms with Crippen molar-refractivity contribution in [3.05, 3.63) is 16.4 Å². The maximum atomic E-state index is 11.1. The monoisotopic (exact) mass is 246 g/mol. The third-order valence-corrected chi connectivity index (χ3v) is 1.92. The van der Waals surface area contributed by atoms with Gasteiger partial charge in [0.05, 0.1) is 6.61 Å². The van der Waals surface area contributed by atoms with Gasteiger partial charge in [-0.3, -0.25) is 9.48 Å². The van der Waals surface area contributed by atoms with E-state index in [4.69, 9.17) is 4.74 Å². The summed E-state index contributed by atoms with van der Waals surface area (Å²) in [6.07, 6.45) is 0. The first kappa shape index (κ1) is 10.2. The van der Waals surface area contributed by atoms with Gasteiger partial charge in [-0.15, -0.1) is 0 Å². The Morgan fingerprint density at radius 2 is 2.46 bits per heavy atom. The molecule has 0 radical (unpaired) electrons. The topological polar surface area (TPSA) is 44.1 Å². The van der Waals surface area contributed by atoms with Gasteiger partial charge >= 0.3 is 5.97 Å². The molecule has 0 bridgehead atoms. The summed E-state index contributed by atoms with van der Waals surface area (Å²) in [5, 5.41) is 4.06. The van der Waals surface area contributed by atoms with Gasteiger partial charge in [-0.2, -0.15) is 5.10 Å². The highest BCUT2D eigenvalue weighted by Gasteiger charge is 2.07. The van der Waals surface area contributed by atoms with E-state index in [9.17, 15) is 4.79 Å². The van der Waals surface area contributed by atoms with Crippen LogP contribution in [0.2, 0.25) is 0 Å². The highest BCUT2D eigenvalue weighted by molar-refractivity contribution is 9.10. The smallest absolute Gasteiger partial charge is 0.327 e. The number of aromatic nitrogens is 2. The fourth-order valence-electron chi connectivity index (χ4n) is 0.959. The van der Waals surface area contributed by atoms with Crippen LogP contribution in [0, 0.1) is 6.92 Å². The molecule has 0 atom stereocenters. The lowest BCUT2D eigenvalue weighted by molar-refractivity contribution is -0.144. The maximum Gasteiger partial charge on any atom is 0.327 e. The number of nitrogens with zero attached hydrogens (tertiary/aromatic N) is 2. The summed E-state index contributed by atoms with van der Waals surface area (Å²) >= 11 is 3.23. The zero-order valence-electron chi connectivity index (χ0n) is 7.58. The minimum Gasteiger partial charge on any atom is -0.465 e. The minimum absolute atomic E-state index is 0.172. The Morgan fingerprint density at radius 1 is 1.77 bits per heavy atom. The van der Waals surface area contributed by atoms with Crippen molar-refractivity contribution in [1.29, 1.82) is 0 Å². The largest absolute Gasteiger partial charge is 0.465 e. The van der Waals surface area contributed by atoms with Crippen molar-refractivity contribution in [2.45, 2.75) is 20.4 Å². The molecule has 0 aromatic carbocycles. The number of hydrogen-bond donors (Lipinski definition) is 0. The lowest BCUT2D eigenvalue weighted by Gasteiger charge is -2.03. The van der Waals surface area contributed by atoms with Gasteiger partial charge in [0.1, 0.15) is 11.1 Å². The van der Waals surface area contributed by atoms with Crippen LogP contribution in [0.15, 0.2) is 10.7 Å². The second kappa shape index (κ2) is 4.41. The van der Waals surface area contributed by atoms with E-state index in [0.29, 0.717) is 6.61 Å². The van der Waals surface area contributed by atoms with Gasteiger partial charge in [-0.05, 0) is 35.8 Å². The lowest BCUT2D eigenvalue weighted by Crippen LogP contribution is -2.15. The normalized spacial score (nSPS) is 10.1. The number of esters is 1. The predicted octanol–water partition coefficient (Wildman–Crippen LogP) is 1.52. The number of carbonyl (C=O) groups excluding carboxylic acids is 1. The van der Waals surface area contributed by atoms with Crippen molar-refractivity contribution in [3.63, 3.8) is 0 Å². The van der Waals surface area contributed by atoms with Crippen molar-refractivity contribution in [2.75, 3.05) is 6.61 Å². The Morgan fingerprint density at radius 3 is 2.92 bits per heavy atom. The van der Waals surface area contributed by atoms with E-state index in [0.717, 1.165) is 10.3 Å². The van der Waals surface area contributed by atoms with Crippen LogP contribution >= 0.6 is 15.9 Å². The van der Waals surface area contributed by atoms with E-state index in [2.05, 4.69) is 21.0 Å². The number of ether oxygens (including phenoxy) is 1. The van der Waals surface area contributed by atoms with E-state index in [1.807, 2.05) is 13.0 Å². The molecule has 1 heterocycles. The van der Waals surface area contributed by atoms with Crippen LogP contribution < -0.4 is 0 Å². The summed E-state index contributed by atoms with van der Waals surface area (Å²) in [7, 11) is 0. The highest BCUT2D eigenvalue weighted by Crippen LogP contribution is 2.09. The lowest BCUT2D eigenvalue weighted by atomic mass is 10.5. The van der Waals surface area contributed by atoms with Crippen molar-refractivity contribution in [1.82, 2.24) is 9.78 Å². The molecule has 0 N–H and O–H groups in total. The van der Waals surface area contributed by atoms with Gasteiger partial charge in [0.25, 0.3) is 0 Å². The molecule has 4 nitrogen and oxygen atoms in total. The van der Waals surface area contributed by atoms with Crippen LogP contribution in [0.4, 0.5) is 0 Å². The van der Waals surface area contributed by atoms with Gasteiger partial charge in [-0.25, -0.2) is 0 Å². The van der Waals surface area contributed by atoms with Gasteiger partial charge in [-0.1, -0.05) is 0 Å². The van der Waals surface area contributed by atoms with Crippen molar-refractivity contribution in [3.8, 4) is 0 Å². The summed E-state index contributed by atoms with van der Waals surface area (Å²) in [5.74, 6) is -0.263. The van der Waals surface area contributed by atoms with Gasteiger partial charge < -0.3 is 4.74 Å². The van der Waals surface area contributed by atoms with Crippen LogP contribution in [0.5, 0.6) is 0 Å². The van der Waals surface area contributed by atoms with E-state index in [1.165, 1.54) is 0 Å². The molecule has 0 unspecified atom stereocenters. The molecule has 13 heavy (non-hydrogen) atoms. The molecule has 0 spiro atoms. The number of halogens is 1. The molecular weight excluding hydrogens is 236 g/mol. The minimum atomic E-state index is -0.263. The third kappa shape index (κ3) is 2.84. The molecule has 1 aromatic heterocycles. The molecule has 1 aromatic rings. The van der Waals surface area contributed by atoms with E-state index < -0.39 is 0 Å². The molecule has 72 valence electrons. The van der Waals surface area contributed by atoms with Crippen LogP contribution in [-0.2, 0) is 16.1 Å². The molecule has 0 aliphatic rings. The Balaban J connectivity index is 2.63. The second-order valence-electron chi connectivity index (χ2n) is 2.57. The Hall–Kier alpha value is -0.840.